The molecule has 2 aromatic rings. The zero-order valence-corrected chi connectivity index (χ0v) is 8.11. The standard InChI is InChI=1S/C11H11NO2/c1-7(13)8-6-12(2)9-4-3-5-10(14)11(8)9/h3-6,14H,1-2H3. The number of nitrogens with zero attached hydrogens (tertiary/aromatic N) is 1. The van der Waals surface area contributed by atoms with Gasteiger partial charge in [-0.1, -0.05) is 6.07 Å². The van der Waals surface area contributed by atoms with Crippen LogP contribution in [0.25, 0.3) is 10.9 Å². The Hall–Kier alpha value is -1.77. The lowest BCUT2D eigenvalue weighted by Gasteiger charge is -1.97. The van der Waals surface area contributed by atoms with Crippen molar-refractivity contribution in [2.75, 3.05) is 0 Å². The van der Waals surface area contributed by atoms with E-state index >= 15 is 0 Å². The highest BCUT2D eigenvalue weighted by Gasteiger charge is 2.12. The Morgan fingerprint density at radius 1 is 1.43 bits per heavy atom. The van der Waals surface area contributed by atoms with Gasteiger partial charge >= 0.3 is 0 Å². The van der Waals surface area contributed by atoms with Gasteiger partial charge in [-0.3, -0.25) is 4.79 Å². The molecule has 0 spiro atoms. The molecule has 2 rings (SSSR count). The minimum atomic E-state index is -0.0305. The molecule has 0 bridgehead atoms. The fourth-order valence-electron chi connectivity index (χ4n) is 1.69. The van der Waals surface area contributed by atoms with Crippen LogP contribution in [0.3, 0.4) is 0 Å². The quantitative estimate of drug-likeness (QED) is 0.698. The molecule has 0 amide bonds. The molecule has 0 aliphatic rings. The number of Topliss-reactive ketones (excluding diaryl/α,β-unsaturated/α-hetero) is 1. The van der Waals surface area contributed by atoms with Crippen LogP contribution < -0.4 is 0 Å². The van der Waals surface area contributed by atoms with Gasteiger partial charge in [0.05, 0.1) is 10.9 Å². The summed E-state index contributed by atoms with van der Waals surface area (Å²) in [4.78, 5) is 11.3. The maximum absolute atomic E-state index is 11.3. The van der Waals surface area contributed by atoms with E-state index in [1.807, 2.05) is 17.7 Å². The zero-order valence-electron chi connectivity index (χ0n) is 8.11. The number of phenols is 1. The Balaban J connectivity index is 2.93. The van der Waals surface area contributed by atoms with Crippen LogP contribution in [0.5, 0.6) is 5.75 Å². The van der Waals surface area contributed by atoms with Crippen molar-refractivity contribution in [3.05, 3.63) is 30.0 Å². The zero-order chi connectivity index (χ0) is 10.3. The lowest BCUT2D eigenvalue weighted by Crippen LogP contribution is -1.89. The summed E-state index contributed by atoms with van der Waals surface area (Å²) in [5.74, 6) is 0.130. The van der Waals surface area contributed by atoms with Gasteiger partial charge in [0.2, 0.25) is 0 Å². The Labute approximate surface area is 81.6 Å². The number of hydrogen-bond donors (Lipinski definition) is 1. The number of ketones is 1. The molecule has 0 saturated heterocycles. The van der Waals surface area contributed by atoms with E-state index in [0.717, 1.165) is 5.52 Å². The van der Waals surface area contributed by atoms with Crippen LogP contribution in [0.15, 0.2) is 24.4 Å². The van der Waals surface area contributed by atoms with Crippen molar-refractivity contribution >= 4 is 16.7 Å². The van der Waals surface area contributed by atoms with Gasteiger partial charge in [0.25, 0.3) is 0 Å². The van der Waals surface area contributed by atoms with Crippen LogP contribution in [0, 0.1) is 0 Å². The second-order valence-electron chi connectivity index (χ2n) is 3.38. The van der Waals surface area contributed by atoms with Crippen molar-refractivity contribution in [3.8, 4) is 5.75 Å². The number of aromatic nitrogens is 1. The van der Waals surface area contributed by atoms with E-state index in [1.165, 1.54) is 6.92 Å². The minimum absolute atomic E-state index is 0.0305. The van der Waals surface area contributed by atoms with Gasteiger partial charge < -0.3 is 9.67 Å². The average molecular weight is 189 g/mol. The normalized spacial score (nSPS) is 10.7. The third-order valence-corrected chi connectivity index (χ3v) is 2.37. The van der Waals surface area contributed by atoms with Crippen molar-refractivity contribution < 1.29 is 9.90 Å². The highest BCUT2D eigenvalue weighted by atomic mass is 16.3. The second-order valence-corrected chi connectivity index (χ2v) is 3.38. The van der Waals surface area contributed by atoms with E-state index in [2.05, 4.69) is 0 Å². The van der Waals surface area contributed by atoms with Crippen LogP contribution in [0.1, 0.15) is 17.3 Å². The third-order valence-electron chi connectivity index (χ3n) is 2.37. The summed E-state index contributed by atoms with van der Waals surface area (Å²) in [6.45, 7) is 1.50. The van der Waals surface area contributed by atoms with E-state index < -0.39 is 0 Å². The van der Waals surface area contributed by atoms with Crippen molar-refractivity contribution in [1.82, 2.24) is 4.57 Å². The van der Waals surface area contributed by atoms with Crippen molar-refractivity contribution in [1.29, 1.82) is 0 Å². The maximum Gasteiger partial charge on any atom is 0.162 e. The first-order valence-corrected chi connectivity index (χ1v) is 4.39. The molecule has 1 aromatic heterocycles. The third kappa shape index (κ3) is 1.09. The van der Waals surface area contributed by atoms with E-state index in [0.29, 0.717) is 10.9 Å². The number of aromatic hydroxyl groups is 1. The van der Waals surface area contributed by atoms with Gasteiger partial charge in [0.1, 0.15) is 5.75 Å². The van der Waals surface area contributed by atoms with Crippen LogP contribution in [0.2, 0.25) is 0 Å². The number of hydrogen-bond acceptors (Lipinski definition) is 2. The number of fused-ring (bicyclic) bond motifs is 1. The fourth-order valence-corrected chi connectivity index (χ4v) is 1.69. The van der Waals surface area contributed by atoms with Gasteiger partial charge in [-0.05, 0) is 19.1 Å². The number of rotatable bonds is 1. The number of carbonyl (C=O) groups excluding carboxylic acids is 1. The molecule has 0 radical (unpaired) electrons. The number of phenolic OH excluding ortho intramolecular Hbond substituents is 1. The first kappa shape index (κ1) is 8.81. The lowest BCUT2D eigenvalue weighted by atomic mass is 10.1. The summed E-state index contributed by atoms with van der Waals surface area (Å²) in [6, 6.07) is 5.23. The van der Waals surface area contributed by atoms with E-state index in [1.54, 1.807) is 18.3 Å². The summed E-state index contributed by atoms with van der Waals surface area (Å²) >= 11 is 0. The monoisotopic (exact) mass is 189 g/mol. The van der Waals surface area contributed by atoms with E-state index in [9.17, 15) is 9.90 Å². The van der Waals surface area contributed by atoms with Gasteiger partial charge in [-0.25, -0.2) is 0 Å². The highest BCUT2D eigenvalue weighted by Crippen LogP contribution is 2.29. The van der Waals surface area contributed by atoms with Crippen molar-refractivity contribution in [2.24, 2.45) is 7.05 Å². The predicted molar refractivity (Wildman–Crippen MR) is 54.6 cm³/mol. The van der Waals surface area contributed by atoms with Crippen LogP contribution in [-0.4, -0.2) is 15.5 Å². The average Bonchev–Trinajstić information content (AvgIpc) is 2.46. The molecule has 1 heterocycles. The second kappa shape index (κ2) is 2.87. The first-order valence-electron chi connectivity index (χ1n) is 4.39. The number of benzene rings is 1. The first-order chi connectivity index (χ1) is 6.61. The largest absolute Gasteiger partial charge is 0.507 e. The molecule has 0 saturated carbocycles. The molecule has 3 nitrogen and oxygen atoms in total. The molecule has 3 heteroatoms. The lowest BCUT2D eigenvalue weighted by molar-refractivity contribution is 0.101. The molecule has 0 unspecified atom stereocenters. The molecule has 14 heavy (non-hydrogen) atoms. The summed E-state index contributed by atoms with van der Waals surface area (Å²) in [5.41, 5.74) is 1.44. The SMILES string of the molecule is CC(=O)c1cn(C)c2cccc(O)c12. The molecule has 72 valence electrons. The Bertz CT molecular complexity index is 511. The molecule has 1 aromatic carbocycles. The molecular weight excluding hydrogens is 178 g/mol. The Morgan fingerprint density at radius 3 is 2.79 bits per heavy atom. The summed E-state index contributed by atoms with van der Waals surface area (Å²) in [7, 11) is 1.86. The van der Waals surface area contributed by atoms with Crippen LogP contribution in [0.4, 0.5) is 0 Å². The molecule has 0 aliphatic carbocycles. The predicted octanol–water partition coefficient (Wildman–Crippen LogP) is 2.09. The topological polar surface area (TPSA) is 42.2 Å². The molecule has 0 atom stereocenters. The number of aryl methyl sites for hydroxylation is 1. The molecule has 0 fully saturated rings. The van der Waals surface area contributed by atoms with Gasteiger partial charge in [0, 0.05) is 18.8 Å². The van der Waals surface area contributed by atoms with E-state index in [-0.39, 0.29) is 11.5 Å². The highest BCUT2D eigenvalue weighted by molar-refractivity contribution is 6.09. The van der Waals surface area contributed by atoms with Crippen molar-refractivity contribution in [2.45, 2.75) is 6.92 Å². The fraction of sp³-hybridized carbons (Fsp3) is 0.182. The smallest absolute Gasteiger partial charge is 0.162 e. The molecule has 0 aliphatic heterocycles. The van der Waals surface area contributed by atoms with Crippen LogP contribution >= 0.6 is 0 Å². The number of carbonyl (C=O) groups is 1. The molecular formula is C11H11NO2. The van der Waals surface area contributed by atoms with Gasteiger partial charge in [0.15, 0.2) is 5.78 Å². The summed E-state index contributed by atoms with van der Waals surface area (Å²) in [6.07, 6.45) is 1.74. The van der Waals surface area contributed by atoms with Crippen LogP contribution in [-0.2, 0) is 7.05 Å². The summed E-state index contributed by atoms with van der Waals surface area (Å²) in [5, 5.41) is 10.3. The van der Waals surface area contributed by atoms with E-state index in [4.69, 9.17) is 0 Å². The minimum Gasteiger partial charge on any atom is -0.507 e. The Kier molecular flexibility index (Phi) is 1.81. The Morgan fingerprint density at radius 2 is 2.14 bits per heavy atom. The van der Waals surface area contributed by atoms with Gasteiger partial charge in [-0.2, -0.15) is 0 Å². The summed E-state index contributed by atoms with van der Waals surface area (Å²) < 4.78 is 1.84. The van der Waals surface area contributed by atoms with Gasteiger partial charge in [-0.15, -0.1) is 0 Å². The molecule has 1 N–H and O–H groups in total. The van der Waals surface area contributed by atoms with Crippen molar-refractivity contribution in [3.63, 3.8) is 0 Å². The maximum atomic E-state index is 11.3.